The van der Waals surface area contributed by atoms with Crippen LogP contribution in [0.2, 0.25) is 0 Å². The molecule has 0 heterocycles. The van der Waals surface area contributed by atoms with Crippen LogP contribution < -0.4 is 0 Å². The Balaban J connectivity index is 4.33. The van der Waals surface area contributed by atoms with Crippen LogP contribution in [0.4, 0.5) is 13.2 Å². The Morgan fingerprint density at radius 2 is 2.00 bits per heavy atom. The van der Waals surface area contributed by atoms with Crippen LogP contribution in [0, 0.1) is 0 Å². The van der Waals surface area contributed by atoms with Gasteiger partial charge in [0.25, 0.3) is 0 Å². The van der Waals surface area contributed by atoms with E-state index in [4.69, 9.17) is 0 Å². The third-order valence-corrected chi connectivity index (χ3v) is 1.62. The Kier molecular flexibility index (Phi) is 5.20. The molecule has 0 aromatic carbocycles. The van der Waals surface area contributed by atoms with Crippen LogP contribution >= 0.6 is 0 Å². The maximum Gasteiger partial charge on any atom is 0.412 e. The lowest BCUT2D eigenvalue weighted by Gasteiger charge is -2.09. The number of allylic oxidation sites excluding steroid dienone is 3. The van der Waals surface area contributed by atoms with Gasteiger partial charge in [-0.3, -0.25) is 0 Å². The van der Waals surface area contributed by atoms with E-state index in [0.29, 0.717) is 0 Å². The molecule has 0 aromatic rings. The quantitative estimate of drug-likeness (QED) is 0.630. The summed E-state index contributed by atoms with van der Waals surface area (Å²) in [4.78, 5) is 10.5. The van der Waals surface area contributed by atoms with Crippen molar-refractivity contribution in [2.24, 2.45) is 0 Å². The maximum absolute atomic E-state index is 12.2. The number of hydrogen-bond donors (Lipinski definition) is 0. The number of carbonyl (C=O) groups excluding carboxylic acids is 1. The highest BCUT2D eigenvalue weighted by atomic mass is 19.4. The minimum atomic E-state index is -4.31. The Morgan fingerprint density at radius 1 is 1.43 bits per heavy atom. The molecule has 0 aliphatic carbocycles. The lowest BCUT2D eigenvalue weighted by atomic mass is 10.1. The first-order valence-electron chi connectivity index (χ1n) is 4.24. The van der Waals surface area contributed by atoms with Crippen molar-refractivity contribution in [3.8, 4) is 0 Å². The molecule has 0 amide bonds. The van der Waals surface area contributed by atoms with Gasteiger partial charge in [0.05, 0.1) is 0 Å². The number of alkyl halides is 3. The topological polar surface area (TPSA) is 17.1 Å². The van der Waals surface area contributed by atoms with Gasteiger partial charge in [-0.1, -0.05) is 12.2 Å². The molecule has 4 heteroatoms. The lowest BCUT2D eigenvalue weighted by Crippen LogP contribution is -2.11. The van der Waals surface area contributed by atoms with Crippen LogP contribution in [-0.2, 0) is 4.79 Å². The third-order valence-electron chi connectivity index (χ3n) is 1.62. The van der Waals surface area contributed by atoms with Crippen LogP contribution in [0.25, 0.3) is 0 Å². The van der Waals surface area contributed by atoms with Gasteiger partial charge in [-0.25, -0.2) is 0 Å². The van der Waals surface area contributed by atoms with Crippen molar-refractivity contribution < 1.29 is 18.0 Å². The highest BCUT2D eigenvalue weighted by molar-refractivity contribution is 5.75. The van der Waals surface area contributed by atoms with Gasteiger partial charge in [-0.05, 0) is 19.8 Å². The monoisotopic (exact) mass is 206 g/mol. The Labute approximate surface area is 81.3 Å². The van der Waals surface area contributed by atoms with Gasteiger partial charge in [0.1, 0.15) is 5.78 Å². The molecule has 0 atom stereocenters. The smallest absolute Gasteiger partial charge is 0.300 e. The molecular weight excluding hydrogens is 193 g/mol. The molecule has 0 aliphatic rings. The molecular formula is C10H13F3O. The SMILES string of the molecule is C=CC/C(=C\CCC(C)=O)C(F)(F)F. The van der Waals surface area contributed by atoms with Crippen molar-refractivity contribution in [2.75, 3.05) is 0 Å². The van der Waals surface area contributed by atoms with E-state index in [1.54, 1.807) is 0 Å². The van der Waals surface area contributed by atoms with E-state index in [0.717, 1.165) is 6.08 Å². The fourth-order valence-electron chi connectivity index (χ4n) is 0.920. The van der Waals surface area contributed by atoms with Crippen molar-refractivity contribution >= 4 is 5.78 Å². The average Bonchev–Trinajstić information content (AvgIpc) is 2.00. The predicted molar refractivity (Wildman–Crippen MR) is 48.9 cm³/mol. The highest BCUT2D eigenvalue weighted by Gasteiger charge is 2.31. The molecule has 0 unspecified atom stereocenters. The second kappa shape index (κ2) is 5.62. The largest absolute Gasteiger partial charge is 0.412 e. The zero-order valence-corrected chi connectivity index (χ0v) is 8.03. The predicted octanol–water partition coefficient (Wildman–Crippen LogP) is 3.42. The number of ketones is 1. The average molecular weight is 206 g/mol. The molecule has 0 aromatic heterocycles. The first-order chi connectivity index (χ1) is 6.38. The third kappa shape index (κ3) is 5.56. The Morgan fingerprint density at radius 3 is 2.36 bits per heavy atom. The molecule has 0 fully saturated rings. The molecule has 0 bridgehead atoms. The molecule has 0 saturated carbocycles. The van der Waals surface area contributed by atoms with Gasteiger partial charge in [-0.2, -0.15) is 13.2 Å². The zero-order valence-electron chi connectivity index (χ0n) is 8.03. The maximum atomic E-state index is 12.2. The van der Waals surface area contributed by atoms with E-state index in [-0.39, 0.29) is 25.0 Å². The number of Topliss-reactive ketones (excluding diaryl/α,β-unsaturated/α-hetero) is 1. The number of halogens is 3. The normalized spacial score (nSPS) is 12.7. The summed E-state index contributed by atoms with van der Waals surface area (Å²) < 4.78 is 36.7. The fraction of sp³-hybridized carbons (Fsp3) is 0.500. The van der Waals surface area contributed by atoms with Gasteiger partial charge in [0.15, 0.2) is 0 Å². The van der Waals surface area contributed by atoms with Crippen LogP contribution in [-0.4, -0.2) is 12.0 Å². The van der Waals surface area contributed by atoms with Crippen LogP contribution in [0.3, 0.4) is 0 Å². The highest BCUT2D eigenvalue weighted by Crippen LogP contribution is 2.28. The molecule has 0 radical (unpaired) electrons. The summed E-state index contributed by atoms with van der Waals surface area (Å²) in [5.41, 5.74) is -0.631. The van der Waals surface area contributed by atoms with E-state index in [2.05, 4.69) is 6.58 Å². The summed E-state index contributed by atoms with van der Waals surface area (Å²) >= 11 is 0. The Bertz CT molecular complexity index is 238. The van der Waals surface area contributed by atoms with Crippen molar-refractivity contribution in [2.45, 2.75) is 32.4 Å². The van der Waals surface area contributed by atoms with E-state index in [1.165, 1.54) is 13.0 Å². The summed E-state index contributed by atoms with van der Waals surface area (Å²) in [5.74, 6) is -0.110. The van der Waals surface area contributed by atoms with Crippen LogP contribution in [0.15, 0.2) is 24.3 Å². The summed E-state index contributed by atoms with van der Waals surface area (Å²) in [6, 6.07) is 0. The van der Waals surface area contributed by atoms with Gasteiger partial charge >= 0.3 is 6.18 Å². The fourth-order valence-corrected chi connectivity index (χ4v) is 0.920. The second-order valence-electron chi connectivity index (χ2n) is 2.96. The minimum Gasteiger partial charge on any atom is -0.300 e. The van der Waals surface area contributed by atoms with Crippen molar-refractivity contribution in [1.29, 1.82) is 0 Å². The van der Waals surface area contributed by atoms with E-state index in [1.807, 2.05) is 0 Å². The van der Waals surface area contributed by atoms with E-state index < -0.39 is 11.7 Å². The number of carbonyl (C=O) groups is 1. The summed E-state index contributed by atoms with van der Waals surface area (Å²) in [5, 5.41) is 0. The van der Waals surface area contributed by atoms with Gasteiger partial charge in [-0.15, -0.1) is 6.58 Å². The summed E-state index contributed by atoms with van der Waals surface area (Å²) in [7, 11) is 0. The van der Waals surface area contributed by atoms with Gasteiger partial charge in [0.2, 0.25) is 0 Å². The summed E-state index contributed by atoms with van der Waals surface area (Å²) in [6.07, 6.45) is -1.97. The molecule has 1 nitrogen and oxygen atoms in total. The van der Waals surface area contributed by atoms with E-state index >= 15 is 0 Å². The minimum absolute atomic E-state index is 0.110. The van der Waals surface area contributed by atoms with Crippen molar-refractivity contribution in [1.82, 2.24) is 0 Å². The molecule has 0 N–H and O–H groups in total. The van der Waals surface area contributed by atoms with Gasteiger partial charge < -0.3 is 4.79 Å². The standard InChI is InChI=1S/C10H13F3O/c1-3-5-9(10(11,12)13)7-4-6-8(2)14/h3,7H,1,4-6H2,2H3/b9-7+. The molecule has 0 spiro atoms. The van der Waals surface area contributed by atoms with Crippen LogP contribution in [0.5, 0.6) is 0 Å². The zero-order chi connectivity index (χ0) is 11.2. The van der Waals surface area contributed by atoms with Gasteiger partial charge in [0, 0.05) is 12.0 Å². The lowest BCUT2D eigenvalue weighted by molar-refractivity contribution is -0.117. The molecule has 0 aliphatic heterocycles. The molecule has 0 rings (SSSR count). The Hall–Kier alpha value is -1.06. The van der Waals surface area contributed by atoms with Crippen molar-refractivity contribution in [3.05, 3.63) is 24.3 Å². The molecule has 80 valence electrons. The first-order valence-corrected chi connectivity index (χ1v) is 4.24. The second-order valence-corrected chi connectivity index (χ2v) is 2.96. The number of hydrogen-bond acceptors (Lipinski definition) is 1. The first kappa shape index (κ1) is 12.9. The number of rotatable bonds is 5. The molecule has 0 saturated heterocycles. The summed E-state index contributed by atoms with van der Waals surface area (Å²) in [6.45, 7) is 4.61. The van der Waals surface area contributed by atoms with E-state index in [9.17, 15) is 18.0 Å². The van der Waals surface area contributed by atoms with Crippen molar-refractivity contribution in [3.63, 3.8) is 0 Å². The molecule has 14 heavy (non-hydrogen) atoms. The van der Waals surface area contributed by atoms with Crippen LogP contribution in [0.1, 0.15) is 26.2 Å².